The van der Waals surface area contributed by atoms with Crippen LogP contribution in [0, 0.1) is 0 Å². The van der Waals surface area contributed by atoms with Crippen molar-refractivity contribution >= 4 is 33.6 Å². The maximum atomic E-state index is 12.1. The van der Waals surface area contributed by atoms with E-state index < -0.39 is 0 Å². The van der Waals surface area contributed by atoms with Gasteiger partial charge in [0.25, 0.3) is 0 Å². The molecule has 1 atom stereocenters. The second-order valence-corrected chi connectivity index (χ2v) is 5.85. The molecule has 1 aromatic rings. The van der Waals surface area contributed by atoms with Crippen LogP contribution in [0.3, 0.4) is 0 Å². The average Bonchev–Trinajstić information content (AvgIpc) is 2.82. The Bertz CT molecular complexity index is 414. The zero-order chi connectivity index (χ0) is 12.8. The fraction of sp³-hybridized carbons (Fsp3) is 0.462. The van der Waals surface area contributed by atoms with Crippen molar-refractivity contribution in [2.45, 2.75) is 10.8 Å². The van der Waals surface area contributed by atoms with Crippen molar-refractivity contribution in [1.29, 1.82) is 0 Å². The highest BCUT2D eigenvalue weighted by Crippen LogP contribution is 2.39. The Kier molecular flexibility index (Phi) is 5.53. The zero-order valence-electron chi connectivity index (χ0n) is 10.0. The van der Waals surface area contributed by atoms with Crippen molar-refractivity contribution in [2.75, 3.05) is 30.8 Å². The molecule has 3 nitrogen and oxygen atoms in total. The average molecular weight is 330 g/mol. The number of fused-ring (bicyclic) bond motifs is 1. The van der Waals surface area contributed by atoms with Gasteiger partial charge in [0.15, 0.2) is 0 Å². The number of alkyl halides is 1. The topological polar surface area (TPSA) is 38.3 Å². The van der Waals surface area contributed by atoms with Gasteiger partial charge in [0, 0.05) is 22.5 Å². The summed E-state index contributed by atoms with van der Waals surface area (Å²) < 4.78 is 5.30. The van der Waals surface area contributed by atoms with Crippen LogP contribution in [0.1, 0.15) is 11.5 Å². The largest absolute Gasteiger partial charge is 0.379 e. The summed E-state index contributed by atoms with van der Waals surface area (Å²) in [6.07, 6.45) is 0. The minimum atomic E-state index is -0.0117. The van der Waals surface area contributed by atoms with Crippen LogP contribution in [0.5, 0.6) is 0 Å². The summed E-state index contributed by atoms with van der Waals surface area (Å²) in [5.74, 6) is 0.935. The van der Waals surface area contributed by atoms with Gasteiger partial charge in [-0.3, -0.25) is 4.79 Å². The molecule has 18 heavy (non-hydrogen) atoms. The van der Waals surface area contributed by atoms with Crippen LogP contribution in [0.4, 0.5) is 0 Å². The van der Waals surface area contributed by atoms with Crippen LogP contribution >= 0.6 is 27.7 Å². The van der Waals surface area contributed by atoms with Gasteiger partial charge in [0.1, 0.15) is 0 Å². The molecule has 0 aliphatic carbocycles. The number of hydrogen-bond donors (Lipinski definition) is 1. The molecule has 0 spiro atoms. The lowest BCUT2D eigenvalue weighted by Gasteiger charge is -2.11. The number of halogens is 1. The molecule has 0 fully saturated rings. The first kappa shape index (κ1) is 13.9. The summed E-state index contributed by atoms with van der Waals surface area (Å²) in [5, 5.41) is 3.76. The molecule has 0 saturated carbocycles. The Morgan fingerprint density at radius 3 is 3.11 bits per heavy atom. The van der Waals surface area contributed by atoms with E-state index in [4.69, 9.17) is 4.74 Å². The third-order valence-corrected chi connectivity index (χ3v) is 4.29. The quantitative estimate of drug-likeness (QED) is 0.643. The van der Waals surface area contributed by atoms with E-state index in [9.17, 15) is 4.79 Å². The van der Waals surface area contributed by atoms with Crippen molar-refractivity contribution in [3.8, 4) is 0 Å². The van der Waals surface area contributed by atoms with Crippen LogP contribution in [-0.2, 0) is 9.53 Å². The lowest BCUT2D eigenvalue weighted by molar-refractivity contribution is -0.122. The van der Waals surface area contributed by atoms with E-state index in [-0.39, 0.29) is 11.8 Å². The smallest absolute Gasteiger partial charge is 0.228 e. The van der Waals surface area contributed by atoms with E-state index >= 15 is 0 Å². The summed E-state index contributed by atoms with van der Waals surface area (Å²) in [5.41, 5.74) is 1.15. The lowest BCUT2D eigenvalue weighted by atomic mass is 10.0. The molecule has 98 valence electrons. The number of ether oxygens (including phenoxy) is 1. The first-order valence-corrected chi connectivity index (χ1v) is 8.07. The molecule has 0 bridgehead atoms. The first-order chi connectivity index (χ1) is 8.83. The molecule has 1 heterocycles. The highest BCUT2D eigenvalue weighted by molar-refractivity contribution is 9.09. The Morgan fingerprint density at radius 1 is 1.44 bits per heavy atom. The third kappa shape index (κ3) is 3.49. The van der Waals surface area contributed by atoms with Crippen molar-refractivity contribution in [3.63, 3.8) is 0 Å². The standard InChI is InChI=1S/C13H16BrNO2S/c14-5-7-17-8-6-15-13(16)11-9-18-12-4-2-1-3-10(11)12/h1-4,11H,5-9H2,(H,15,16). The maximum absolute atomic E-state index is 12.1. The van der Waals surface area contributed by atoms with Crippen molar-refractivity contribution in [1.82, 2.24) is 5.32 Å². The normalized spacial score (nSPS) is 17.5. The number of thioether (sulfide) groups is 1. The SMILES string of the molecule is O=C(NCCOCCBr)C1CSc2ccccc21. The van der Waals surface area contributed by atoms with E-state index in [0.29, 0.717) is 19.8 Å². The van der Waals surface area contributed by atoms with Gasteiger partial charge in [-0.2, -0.15) is 0 Å². The van der Waals surface area contributed by atoms with Gasteiger partial charge in [-0.1, -0.05) is 34.1 Å². The van der Waals surface area contributed by atoms with Crippen molar-refractivity contribution < 1.29 is 9.53 Å². The number of benzene rings is 1. The molecule has 2 rings (SSSR count). The molecule has 0 radical (unpaired) electrons. The van der Waals surface area contributed by atoms with Crippen LogP contribution in [0.15, 0.2) is 29.2 Å². The van der Waals surface area contributed by atoms with Gasteiger partial charge in [0.05, 0.1) is 19.1 Å². The van der Waals surface area contributed by atoms with Gasteiger partial charge in [-0.15, -0.1) is 11.8 Å². The second kappa shape index (κ2) is 7.16. The summed E-state index contributed by atoms with van der Waals surface area (Å²) in [6.45, 7) is 1.83. The number of hydrogen-bond acceptors (Lipinski definition) is 3. The number of nitrogens with one attached hydrogen (secondary N) is 1. The molecular weight excluding hydrogens is 314 g/mol. The van der Waals surface area contributed by atoms with Gasteiger partial charge in [-0.25, -0.2) is 0 Å². The Labute approximate surface area is 120 Å². The van der Waals surface area contributed by atoms with E-state index in [0.717, 1.165) is 16.6 Å². The predicted molar refractivity (Wildman–Crippen MR) is 77.5 cm³/mol. The minimum Gasteiger partial charge on any atom is -0.379 e. The summed E-state index contributed by atoms with van der Waals surface area (Å²) >= 11 is 5.04. The van der Waals surface area contributed by atoms with Crippen LogP contribution in [-0.4, -0.2) is 36.7 Å². The van der Waals surface area contributed by atoms with Gasteiger partial charge < -0.3 is 10.1 Å². The predicted octanol–water partition coefficient (Wildman–Crippen LogP) is 2.40. The highest BCUT2D eigenvalue weighted by Gasteiger charge is 2.28. The van der Waals surface area contributed by atoms with E-state index in [1.165, 1.54) is 4.90 Å². The molecule has 0 aromatic heterocycles. The molecule has 1 aliphatic heterocycles. The molecule has 5 heteroatoms. The van der Waals surface area contributed by atoms with E-state index in [2.05, 4.69) is 27.3 Å². The number of amides is 1. The van der Waals surface area contributed by atoms with Gasteiger partial charge >= 0.3 is 0 Å². The Hall–Kier alpha value is -0.520. The fourth-order valence-corrected chi connectivity index (χ4v) is 3.36. The van der Waals surface area contributed by atoms with Crippen LogP contribution in [0.2, 0.25) is 0 Å². The molecule has 1 aromatic carbocycles. The maximum Gasteiger partial charge on any atom is 0.228 e. The summed E-state index contributed by atoms with van der Waals surface area (Å²) in [7, 11) is 0. The van der Waals surface area contributed by atoms with Gasteiger partial charge in [0.2, 0.25) is 5.91 Å². The first-order valence-electron chi connectivity index (χ1n) is 5.96. The highest BCUT2D eigenvalue weighted by atomic mass is 79.9. The Morgan fingerprint density at radius 2 is 2.28 bits per heavy atom. The van der Waals surface area contributed by atoms with Crippen LogP contribution < -0.4 is 5.32 Å². The molecule has 1 amide bonds. The third-order valence-electron chi connectivity index (χ3n) is 2.78. The molecular formula is C13H16BrNO2S. The van der Waals surface area contributed by atoms with E-state index in [1.54, 1.807) is 11.8 Å². The Balaban J connectivity index is 1.80. The van der Waals surface area contributed by atoms with Crippen molar-refractivity contribution in [2.24, 2.45) is 0 Å². The number of carbonyl (C=O) groups excluding carboxylic acids is 1. The summed E-state index contributed by atoms with van der Waals surface area (Å²) in [4.78, 5) is 13.3. The monoisotopic (exact) mass is 329 g/mol. The fourth-order valence-electron chi connectivity index (χ4n) is 1.91. The summed E-state index contributed by atoms with van der Waals surface area (Å²) in [6, 6.07) is 8.12. The second-order valence-electron chi connectivity index (χ2n) is 3.99. The van der Waals surface area contributed by atoms with Crippen molar-refractivity contribution in [3.05, 3.63) is 29.8 Å². The minimum absolute atomic E-state index is 0.0117. The number of rotatable bonds is 6. The molecule has 1 aliphatic rings. The lowest BCUT2D eigenvalue weighted by Crippen LogP contribution is -2.32. The molecule has 1 unspecified atom stereocenters. The molecule has 1 N–H and O–H groups in total. The van der Waals surface area contributed by atoms with Crippen LogP contribution in [0.25, 0.3) is 0 Å². The number of carbonyl (C=O) groups is 1. The zero-order valence-corrected chi connectivity index (χ0v) is 12.4. The molecule has 0 saturated heterocycles. The van der Waals surface area contributed by atoms with E-state index in [1.807, 2.05) is 18.2 Å². The van der Waals surface area contributed by atoms with Gasteiger partial charge in [-0.05, 0) is 11.6 Å².